The third-order valence-corrected chi connectivity index (χ3v) is 7.57. The van der Waals surface area contributed by atoms with E-state index in [4.69, 9.17) is 9.72 Å². The molecule has 4 aromatic heterocycles. The van der Waals surface area contributed by atoms with Crippen LogP contribution in [0.1, 0.15) is 26.3 Å². The molecular formula is C33H30N6O. The first kappa shape index (κ1) is 24.2. The summed E-state index contributed by atoms with van der Waals surface area (Å²) in [5, 5.41) is 2.33. The second-order valence-electron chi connectivity index (χ2n) is 11.3. The molecule has 40 heavy (non-hydrogen) atoms. The van der Waals surface area contributed by atoms with Gasteiger partial charge in [0.05, 0.1) is 35.3 Å². The quantitative estimate of drug-likeness (QED) is 0.236. The van der Waals surface area contributed by atoms with E-state index < -0.39 is 0 Å². The molecule has 0 bridgehead atoms. The van der Waals surface area contributed by atoms with Crippen molar-refractivity contribution in [3.63, 3.8) is 0 Å². The molecule has 0 unspecified atom stereocenters. The molecule has 7 rings (SSSR count). The maximum Gasteiger partial charge on any atom is 0.221 e. The summed E-state index contributed by atoms with van der Waals surface area (Å²) in [5.74, 6) is 2.15. The van der Waals surface area contributed by atoms with Gasteiger partial charge in [0.2, 0.25) is 5.88 Å². The summed E-state index contributed by atoms with van der Waals surface area (Å²) in [5.41, 5.74) is 6.63. The molecule has 0 saturated heterocycles. The van der Waals surface area contributed by atoms with Crippen molar-refractivity contribution in [3.05, 3.63) is 103 Å². The minimum atomic E-state index is 0.0165. The zero-order valence-electron chi connectivity index (χ0n) is 23.0. The van der Waals surface area contributed by atoms with Gasteiger partial charge in [0.15, 0.2) is 0 Å². The Kier molecular flexibility index (Phi) is 5.49. The van der Waals surface area contributed by atoms with E-state index >= 15 is 0 Å². The van der Waals surface area contributed by atoms with Gasteiger partial charge < -0.3 is 14.5 Å². The van der Waals surface area contributed by atoms with Crippen LogP contribution in [0.15, 0.2) is 97.6 Å². The van der Waals surface area contributed by atoms with E-state index in [0.29, 0.717) is 5.88 Å². The normalized spacial score (nSPS) is 13.3. The average molecular weight is 527 g/mol. The van der Waals surface area contributed by atoms with Gasteiger partial charge in [-0.15, -0.1) is 0 Å². The van der Waals surface area contributed by atoms with E-state index in [1.165, 1.54) is 10.9 Å². The van der Waals surface area contributed by atoms with Crippen molar-refractivity contribution >= 4 is 38.9 Å². The van der Waals surface area contributed by atoms with E-state index in [-0.39, 0.29) is 5.41 Å². The summed E-state index contributed by atoms with van der Waals surface area (Å²) in [7, 11) is 2.07. The molecule has 0 radical (unpaired) electrons. The lowest BCUT2D eigenvalue weighted by Gasteiger charge is -2.20. The van der Waals surface area contributed by atoms with Crippen LogP contribution in [0.2, 0.25) is 0 Å². The van der Waals surface area contributed by atoms with Crippen LogP contribution in [0, 0.1) is 0 Å². The molecule has 0 fully saturated rings. The van der Waals surface area contributed by atoms with Crippen LogP contribution < -0.4 is 14.5 Å². The number of benzene rings is 2. The average Bonchev–Trinajstić information content (AvgIpc) is 3.47. The van der Waals surface area contributed by atoms with Crippen molar-refractivity contribution in [1.82, 2.24) is 19.5 Å². The highest BCUT2D eigenvalue weighted by Gasteiger charge is 2.25. The highest BCUT2D eigenvalue weighted by molar-refractivity contribution is 6.09. The number of fused-ring (bicyclic) bond motifs is 4. The van der Waals surface area contributed by atoms with Crippen LogP contribution in [-0.4, -0.2) is 33.2 Å². The number of para-hydroxylation sites is 1. The number of anilines is 3. The van der Waals surface area contributed by atoms with Crippen LogP contribution >= 0.6 is 0 Å². The number of nitrogens with zero attached hydrogens (tertiary/aromatic N) is 6. The Bertz CT molecular complexity index is 1890. The van der Waals surface area contributed by atoms with Gasteiger partial charge in [-0.1, -0.05) is 39.0 Å². The zero-order chi connectivity index (χ0) is 27.4. The number of hydrogen-bond acceptors (Lipinski definition) is 6. The minimum Gasteiger partial charge on any atom is -0.439 e. The van der Waals surface area contributed by atoms with Crippen molar-refractivity contribution in [2.45, 2.75) is 26.2 Å². The Hall–Kier alpha value is -4.91. The van der Waals surface area contributed by atoms with Gasteiger partial charge >= 0.3 is 0 Å². The van der Waals surface area contributed by atoms with Gasteiger partial charge in [0.25, 0.3) is 0 Å². The lowest BCUT2D eigenvalue weighted by Crippen LogP contribution is -2.23. The summed E-state index contributed by atoms with van der Waals surface area (Å²) in [6.45, 7) is 7.40. The number of rotatable bonds is 4. The smallest absolute Gasteiger partial charge is 0.221 e. The first-order valence-corrected chi connectivity index (χ1v) is 13.4. The third kappa shape index (κ3) is 4.02. The highest BCUT2D eigenvalue weighted by Crippen LogP contribution is 2.40. The molecule has 1 aliphatic heterocycles. The van der Waals surface area contributed by atoms with Gasteiger partial charge in [0, 0.05) is 54.2 Å². The monoisotopic (exact) mass is 526 g/mol. The van der Waals surface area contributed by atoms with Crippen molar-refractivity contribution in [1.29, 1.82) is 0 Å². The highest BCUT2D eigenvalue weighted by atomic mass is 16.5. The molecule has 0 N–H and O–H groups in total. The minimum absolute atomic E-state index is 0.0165. The Morgan fingerprint density at radius 3 is 2.48 bits per heavy atom. The van der Waals surface area contributed by atoms with Crippen molar-refractivity contribution < 1.29 is 4.74 Å². The van der Waals surface area contributed by atoms with Gasteiger partial charge in [-0.25, -0.2) is 9.97 Å². The molecule has 0 aliphatic carbocycles. The Morgan fingerprint density at radius 2 is 1.60 bits per heavy atom. The number of hydrogen-bond donors (Lipinski definition) is 0. The largest absolute Gasteiger partial charge is 0.439 e. The van der Waals surface area contributed by atoms with E-state index in [1.54, 1.807) is 6.20 Å². The molecule has 2 aromatic carbocycles. The van der Waals surface area contributed by atoms with E-state index in [2.05, 4.69) is 101 Å². The molecule has 7 nitrogen and oxygen atoms in total. The number of ether oxygens (including phenoxy) is 1. The fraction of sp³-hybridized carbons (Fsp3) is 0.182. The van der Waals surface area contributed by atoms with Crippen LogP contribution in [0.5, 0.6) is 11.6 Å². The molecule has 5 heterocycles. The van der Waals surface area contributed by atoms with E-state index in [0.717, 1.165) is 51.7 Å². The Labute approximate surface area is 233 Å². The summed E-state index contributed by atoms with van der Waals surface area (Å²) < 4.78 is 8.59. The second kappa shape index (κ2) is 9.09. The Balaban J connectivity index is 1.29. The molecule has 0 spiro atoms. The SMILES string of the molecule is CN1CN(c2ccnc(Oc3ccc4c5ccccc5n(-c5cc(C(C)(C)C)ccn5)c4c3)c2)c2ccncc21. The molecule has 0 atom stereocenters. The van der Waals surface area contributed by atoms with Crippen LogP contribution in [0.3, 0.4) is 0 Å². The van der Waals surface area contributed by atoms with Gasteiger partial charge in [-0.05, 0) is 53.4 Å². The second-order valence-corrected chi connectivity index (χ2v) is 11.3. The van der Waals surface area contributed by atoms with Crippen molar-refractivity contribution in [2.75, 3.05) is 23.5 Å². The van der Waals surface area contributed by atoms with Crippen molar-refractivity contribution in [2.24, 2.45) is 0 Å². The van der Waals surface area contributed by atoms with E-state index in [1.807, 2.05) is 42.9 Å². The van der Waals surface area contributed by atoms with Crippen LogP contribution in [0.25, 0.3) is 27.6 Å². The summed E-state index contributed by atoms with van der Waals surface area (Å²) in [6, 6.07) is 25.0. The lowest BCUT2D eigenvalue weighted by molar-refractivity contribution is 0.463. The number of pyridine rings is 3. The van der Waals surface area contributed by atoms with Gasteiger partial charge in [-0.2, -0.15) is 0 Å². The maximum atomic E-state index is 6.37. The summed E-state index contributed by atoms with van der Waals surface area (Å²) in [4.78, 5) is 18.0. The lowest BCUT2D eigenvalue weighted by atomic mass is 9.88. The van der Waals surface area contributed by atoms with Crippen LogP contribution in [0.4, 0.5) is 17.1 Å². The molecular weight excluding hydrogens is 496 g/mol. The molecule has 6 aromatic rings. The predicted octanol–water partition coefficient (Wildman–Crippen LogP) is 7.60. The molecule has 0 saturated carbocycles. The molecule has 0 amide bonds. The Morgan fingerprint density at radius 1 is 0.775 bits per heavy atom. The zero-order valence-corrected chi connectivity index (χ0v) is 23.0. The molecule has 1 aliphatic rings. The fourth-order valence-corrected chi connectivity index (χ4v) is 5.50. The third-order valence-electron chi connectivity index (χ3n) is 7.57. The maximum absolute atomic E-state index is 6.37. The predicted molar refractivity (Wildman–Crippen MR) is 161 cm³/mol. The number of aromatic nitrogens is 4. The topological polar surface area (TPSA) is 59.3 Å². The van der Waals surface area contributed by atoms with Gasteiger partial charge in [-0.3, -0.25) is 9.55 Å². The fourth-order valence-electron chi connectivity index (χ4n) is 5.50. The first-order chi connectivity index (χ1) is 19.4. The molecule has 198 valence electrons. The first-order valence-electron chi connectivity index (χ1n) is 13.4. The van der Waals surface area contributed by atoms with Crippen LogP contribution in [-0.2, 0) is 5.41 Å². The van der Waals surface area contributed by atoms with Gasteiger partial charge in [0.1, 0.15) is 11.6 Å². The summed E-state index contributed by atoms with van der Waals surface area (Å²) >= 11 is 0. The standard InChI is InChI=1S/C33H30N6O/c1-33(2,3)22-11-15-35-31(17-22)39-27-8-6-5-7-25(27)26-10-9-24(19-29(26)39)40-32-18-23(12-16-36-32)38-21-37(4)30-20-34-14-13-28(30)38/h5-20H,21H2,1-4H3. The summed E-state index contributed by atoms with van der Waals surface area (Å²) in [6.07, 6.45) is 7.41. The van der Waals surface area contributed by atoms with E-state index in [9.17, 15) is 0 Å². The van der Waals surface area contributed by atoms with Crippen molar-refractivity contribution in [3.8, 4) is 17.4 Å². The molecule has 7 heteroatoms.